The van der Waals surface area contributed by atoms with Gasteiger partial charge in [-0.2, -0.15) is 0 Å². The first-order valence-corrected chi connectivity index (χ1v) is 14.6. The molecule has 0 amide bonds. The molecule has 1 unspecified atom stereocenters. The molecule has 3 aromatic carbocycles. The van der Waals surface area contributed by atoms with E-state index >= 15 is 0 Å². The van der Waals surface area contributed by atoms with Crippen LogP contribution in [0.4, 0.5) is 0 Å². The third-order valence-electron chi connectivity index (χ3n) is 7.16. The van der Waals surface area contributed by atoms with Crippen LogP contribution in [0.3, 0.4) is 0 Å². The number of aliphatic hydroxyl groups is 1. The van der Waals surface area contributed by atoms with Gasteiger partial charge in [0.2, 0.25) is 0 Å². The van der Waals surface area contributed by atoms with E-state index in [1.54, 1.807) is 0 Å². The second kappa shape index (κ2) is 18.5. The first kappa shape index (κ1) is 33.5. The predicted molar refractivity (Wildman–Crippen MR) is 162 cm³/mol. The zero-order chi connectivity index (χ0) is 30.8. The monoisotopic (exact) mass is 590 g/mol. The number of nitrogens with two attached hydrogens (primary N) is 1. The quantitative estimate of drug-likeness (QED) is 0.139. The van der Waals surface area contributed by atoms with Crippen molar-refractivity contribution in [3.63, 3.8) is 0 Å². The maximum Gasteiger partial charge on any atom is 0.306 e. The zero-order valence-corrected chi connectivity index (χ0v) is 24.5. The van der Waals surface area contributed by atoms with Crippen LogP contribution >= 0.6 is 0 Å². The molecule has 0 spiro atoms. The second-order valence-corrected chi connectivity index (χ2v) is 10.4. The fourth-order valence-corrected chi connectivity index (χ4v) is 4.69. The van der Waals surface area contributed by atoms with Crippen molar-refractivity contribution in [1.29, 1.82) is 0 Å². The van der Waals surface area contributed by atoms with Crippen LogP contribution in [0.2, 0.25) is 0 Å². The van der Waals surface area contributed by atoms with Crippen molar-refractivity contribution >= 4 is 17.9 Å². The highest BCUT2D eigenvalue weighted by Gasteiger charge is 2.38. The Morgan fingerprint density at radius 3 is 1.40 bits per heavy atom. The summed E-state index contributed by atoms with van der Waals surface area (Å²) in [6.45, 7) is 0.986. The first-order chi connectivity index (χ1) is 20.9. The van der Waals surface area contributed by atoms with Gasteiger partial charge in [-0.3, -0.25) is 14.4 Å². The summed E-state index contributed by atoms with van der Waals surface area (Å²) < 4.78 is 16.3. The van der Waals surface area contributed by atoms with Crippen LogP contribution < -0.4 is 11.1 Å². The summed E-state index contributed by atoms with van der Waals surface area (Å²) in [4.78, 5) is 38.0. The van der Waals surface area contributed by atoms with Crippen LogP contribution in [0.15, 0.2) is 91.0 Å². The molecule has 0 aliphatic heterocycles. The maximum atomic E-state index is 12.7. The summed E-state index contributed by atoms with van der Waals surface area (Å²) in [5, 5.41) is 14.7. The molecule has 3 aromatic rings. The molecule has 0 aromatic heterocycles. The fourth-order valence-electron chi connectivity index (χ4n) is 4.69. The summed E-state index contributed by atoms with van der Waals surface area (Å²) in [7, 11) is 0. The lowest BCUT2D eigenvalue weighted by molar-refractivity contribution is -0.148. The van der Waals surface area contributed by atoms with Gasteiger partial charge in [0.15, 0.2) is 0 Å². The van der Waals surface area contributed by atoms with Crippen LogP contribution in [0, 0.1) is 0 Å². The maximum absolute atomic E-state index is 12.7. The number of ether oxygens (including phenoxy) is 3. The number of carbonyl (C=O) groups excluding carboxylic acids is 3. The lowest BCUT2D eigenvalue weighted by Gasteiger charge is -2.39. The van der Waals surface area contributed by atoms with Crippen LogP contribution in [-0.4, -0.2) is 47.7 Å². The molecule has 0 fully saturated rings. The molecule has 0 aliphatic rings. The van der Waals surface area contributed by atoms with Gasteiger partial charge in [0.25, 0.3) is 0 Å². The van der Waals surface area contributed by atoms with E-state index in [4.69, 9.17) is 19.9 Å². The van der Waals surface area contributed by atoms with E-state index in [1.165, 1.54) is 0 Å². The van der Waals surface area contributed by atoms with Gasteiger partial charge in [-0.25, -0.2) is 0 Å². The number of hydrogen-bond donors (Lipinski definition) is 3. The lowest BCUT2D eigenvalue weighted by atomic mass is 9.80. The van der Waals surface area contributed by atoms with Gasteiger partial charge in [0.05, 0.1) is 6.10 Å². The Balaban J connectivity index is 1.64. The van der Waals surface area contributed by atoms with Crippen molar-refractivity contribution in [2.24, 2.45) is 5.73 Å². The molecule has 0 radical (unpaired) electrons. The van der Waals surface area contributed by atoms with Crippen molar-refractivity contribution in [1.82, 2.24) is 5.32 Å². The molecular weight excluding hydrogens is 548 g/mol. The Bertz CT molecular complexity index is 1180. The van der Waals surface area contributed by atoms with Gasteiger partial charge in [0.1, 0.15) is 19.8 Å². The summed E-state index contributed by atoms with van der Waals surface area (Å²) in [6.07, 6.45) is -0.787. The van der Waals surface area contributed by atoms with Gasteiger partial charge in [-0.15, -0.1) is 0 Å². The third kappa shape index (κ3) is 12.4. The Morgan fingerprint density at radius 1 is 0.651 bits per heavy atom. The number of esters is 3. The Morgan fingerprint density at radius 2 is 1.02 bits per heavy atom. The summed E-state index contributed by atoms with van der Waals surface area (Å²) in [6, 6.07) is 28.0. The number of aliphatic hydroxyl groups excluding tert-OH is 1. The summed E-state index contributed by atoms with van der Waals surface area (Å²) >= 11 is 0. The minimum Gasteiger partial charge on any atom is -0.461 e. The van der Waals surface area contributed by atoms with Crippen molar-refractivity contribution in [3.05, 3.63) is 108 Å². The largest absolute Gasteiger partial charge is 0.461 e. The van der Waals surface area contributed by atoms with Crippen LogP contribution in [-0.2, 0) is 48.4 Å². The standard InChI is InChI=1S/C34H42N2O7/c35-22-23-36-34(20-18-32(39)42-25-28-12-6-2-7-13-28,21-19-33(40)43-26-29-14-8-3-9-15-29)30(37)16-17-31(38)41-24-27-10-4-1-5-11-27/h1-15,30,36-37H,16-26,35H2. The average Bonchev–Trinajstić information content (AvgIpc) is 3.05. The van der Waals surface area contributed by atoms with E-state index in [9.17, 15) is 19.5 Å². The molecule has 1 atom stereocenters. The number of nitrogens with one attached hydrogen (secondary N) is 1. The van der Waals surface area contributed by atoms with E-state index in [0.29, 0.717) is 6.54 Å². The number of rotatable bonds is 19. The van der Waals surface area contributed by atoms with Gasteiger partial charge < -0.3 is 30.4 Å². The molecule has 9 heteroatoms. The molecular formula is C34H42N2O7. The summed E-state index contributed by atoms with van der Waals surface area (Å²) in [5.41, 5.74) is 7.27. The minimum absolute atomic E-state index is 0.0149. The van der Waals surface area contributed by atoms with Crippen molar-refractivity contribution in [2.75, 3.05) is 13.1 Å². The van der Waals surface area contributed by atoms with Crippen LogP contribution in [0.25, 0.3) is 0 Å². The average molecular weight is 591 g/mol. The Hall–Kier alpha value is -4.05. The van der Waals surface area contributed by atoms with Crippen LogP contribution in [0.1, 0.15) is 55.2 Å². The molecule has 3 rings (SSSR count). The van der Waals surface area contributed by atoms with E-state index in [2.05, 4.69) is 5.32 Å². The first-order valence-electron chi connectivity index (χ1n) is 14.6. The Kier molecular flexibility index (Phi) is 14.4. The van der Waals surface area contributed by atoms with Crippen LogP contribution in [0.5, 0.6) is 0 Å². The molecule has 9 nitrogen and oxygen atoms in total. The van der Waals surface area contributed by atoms with Gasteiger partial charge in [0, 0.05) is 37.9 Å². The molecule has 43 heavy (non-hydrogen) atoms. The topological polar surface area (TPSA) is 137 Å². The highest BCUT2D eigenvalue weighted by atomic mass is 16.5. The molecule has 0 heterocycles. The number of hydrogen-bond acceptors (Lipinski definition) is 9. The molecule has 0 bridgehead atoms. The van der Waals surface area contributed by atoms with Gasteiger partial charge in [-0.05, 0) is 36.0 Å². The fraction of sp³-hybridized carbons (Fsp3) is 0.382. The number of benzene rings is 3. The molecule has 4 N–H and O–H groups in total. The smallest absolute Gasteiger partial charge is 0.306 e. The number of carbonyl (C=O) groups is 3. The molecule has 0 aliphatic carbocycles. The molecule has 0 saturated heterocycles. The minimum atomic E-state index is -1.10. The third-order valence-corrected chi connectivity index (χ3v) is 7.16. The van der Waals surface area contributed by atoms with E-state index in [-0.39, 0.29) is 64.9 Å². The van der Waals surface area contributed by atoms with Crippen molar-refractivity contribution in [2.45, 2.75) is 70.0 Å². The summed E-state index contributed by atoms with van der Waals surface area (Å²) in [5.74, 6) is -1.34. The van der Waals surface area contributed by atoms with E-state index < -0.39 is 29.6 Å². The highest BCUT2D eigenvalue weighted by molar-refractivity contribution is 5.71. The second-order valence-electron chi connectivity index (χ2n) is 10.4. The normalized spacial score (nSPS) is 11.9. The lowest BCUT2D eigenvalue weighted by Crippen LogP contribution is -2.56. The zero-order valence-electron chi connectivity index (χ0n) is 24.5. The van der Waals surface area contributed by atoms with Crippen molar-refractivity contribution in [3.8, 4) is 0 Å². The van der Waals surface area contributed by atoms with E-state index in [1.807, 2.05) is 91.0 Å². The van der Waals surface area contributed by atoms with Gasteiger partial charge in [-0.1, -0.05) is 91.0 Å². The predicted octanol–water partition coefficient (Wildman–Crippen LogP) is 4.21. The van der Waals surface area contributed by atoms with E-state index in [0.717, 1.165) is 16.7 Å². The Labute approximate surface area is 253 Å². The SMILES string of the molecule is NCCNC(CCC(=O)OCc1ccccc1)(CCC(=O)OCc1ccccc1)C(O)CCC(=O)OCc1ccccc1. The highest BCUT2D eigenvalue weighted by Crippen LogP contribution is 2.28. The molecule has 230 valence electrons. The molecule has 0 saturated carbocycles. The van der Waals surface area contributed by atoms with Gasteiger partial charge >= 0.3 is 17.9 Å². The van der Waals surface area contributed by atoms with Crippen molar-refractivity contribution < 1.29 is 33.7 Å².